The standard InChI is InChI=1S/C25H31FN2O5/c1-16-13-18(20(26)14-19(16)23(29)31-5)15-32-22-8-6-7-21(27-22)17-9-11-28(12-10-17)24(30)33-25(2,3)4/h6-8,13-14,17H,9-12,15H2,1-5H3. The number of aromatic nitrogens is 1. The van der Waals surface area contributed by atoms with Crippen LogP contribution in [0, 0.1) is 12.7 Å². The number of ether oxygens (including phenoxy) is 3. The normalized spacial score (nSPS) is 14.7. The number of benzene rings is 1. The molecule has 0 saturated carbocycles. The number of aryl methyl sites for hydroxylation is 1. The zero-order valence-electron chi connectivity index (χ0n) is 19.8. The number of rotatable bonds is 5. The first-order valence-corrected chi connectivity index (χ1v) is 11.0. The van der Waals surface area contributed by atoms with Gasteiger partial charge >= 0.3 is 12.1 Å². The summed E-state index contributed by atoms with van der Waals surface area (Å²) in [5.41, 5.74) is 1.50. The highest BCUT2D eigenvalue weighted by Crippen LogP contribution is 2.29. The monoisotopic (exact) mass is 458 g/mol. The summed E-state index contributed by atoms with van der Waals surface area (Å²) in [4.78, 5) is 30.3. The lowest BCUT2D eigenvalue weighted by Gasteiger charge is -2.33. The van der Waals surface area contributed by atoms with Crippen molar-refractivity contribution in [3.8, 4) is 5.88 Å². The molecule has 3 rings (SSSR count). The Hall–Kier alpha value is -3.16. The molecule has 1 saturated heterocycles. The summed E-state index contributed by atoms with van der Waals surface area (Å²) in [5, 5.41) is 0. The third-order valence-corrected chi connectivity index (χ3v) is 5.48. The van der Waals surface area contributed by atoms with E-state index in [0.717, 1.165) is 18.5 Å². The van der Waals surface area contributed by atoms with Crippen LogP contribution >= 0.6 is 0 Å². The summed E-state index contributed by atoms with van der Waals surface area (Å²) in [7, 11) is 1.26. The fraction of sp³-hybridized carbons (Fsp3) is 0.480. The van der Waals surface area contributed by atoms with E-state index in [1.807, 2.05) is 32.9 Å². The summed E-state index contributed by atoms with van der Waals surface area (Å²) in [6.45, 7) is 8.47. The van der Waals surface area contributed by atoms with Gasteiger partial charge in [-0.2, -0.15) is 0 Å². The molecule has 0 aliphatic carbocycles. The Bertz CT molecular complexity index is 1010. The summed E-state index contributed by atoms with van der Waals surface area (Å²) in [6, 6.07) is 8.28. The molecule has 1 aromatic heterocycles. The van der Waals surface area contributed by atoms with E-state index in [2.05, 4.69) is 9.72 Å². The molecule has 2 aromatic rings. The Kier molecular flexibility index (Phi) is 7.56. The topological polar surface area (TPSA) is 78.0 Å². The average molecular weight is 459 g/mol. The predicted octanol–water partition coefficient (Wildman–Crippen LogP) is 5.01. The van der Waals surface area contributed by atoms with Gasteiger partial charge in [0.05, 0.1) is 12.7 Å². The minimum absolute atomic E-state index is 0.0122. The molecule has 0 atom stereocenters. The van der Waals surface area contributed by atoms with Crippen molar-refractivity contribution in [2.45, 2.75) is 58.7 Å². The molecule has 1 fully saturated rings. The molecule has 2 heterocycles. The molecular weight excluding hydrogens is 427 g/mol. The number of likely N-dealkylation sites (tertiary alicyclic amines) is 1. The molecule has 8 heteroatoms. The van der Waals surface area contributed by atoms with Gasteiger partial charge in [-0.1, -0.05) is 6.07 Å². The van der Waals surface area contributed by atoms with Gasteiger partial charge in [0.2, 0.25) is 5.88 Å². The van der Waals surface area contributed by atoms with Crippen LogP contribution in [-0.4, -0.2) is 47.7 Å². The summed E-state index contributed by atoms with van der Waals surface area (Å²) in [5.74, 6) is -0.514. The van der Waals surface area contributed by atoms with Crippen molar-refractivity contribution in [1.82, 2.24) is 9.88 Å². The lowest BCUT2D eigenvalue weighted by molar-refractivity contribution is 0.0203. The molecular formula is C25H31FN2O5. The Morgan fingerprint density at radius 1 is 1.18 bits per heavy atom. The molecule has 1 aliphatic rings. The lowest BCUT2D eigenvalue weighted by Crippen LogP contribution is -2.41. The van der Waals surface area contributed by atoms with Crippen molar-refractivity contribution < 1.29 is 28.2 Å². The number of piperidine rings is 1. The number of hydrogen-bond donors (Lipinski definition) is 0. The quantitative estimate of drug-likeness (QED) is 0.586. The first kappa shape index (κ1) is 24.5. The number of amides is 1. The second-order valence-corrected chi connectivity index (χ2v) is 9.18. The number of esters is 1. The van der Waals surface area contributed by atoms with Crippen LogP contribution in [0.2, 0.25) is 0 Å². The van der Waals surface area contributed by atoms with Gasteiger partial charge < -0.3 is 19.1 Å². The maximum absolute atomic E-state index is 14.5. The third-order valence-electron chi connectivity index (χ3n) is 5.48. The molecule has 0 unspecified atom stereocenters. The average Bonchev–Trinajstić information content (AvgIpc) is 2.78. The lowest BCUT2D eigenvalue weighted by atomic mass is 9.93. The molecule has 33 heavy (non-hydrogen) atoms. The minimum atomic E-state index is -0.578. The molecule has 1 amide bonds. The van der Waals surface area contributed by atoms with E-state index in [-0.39, 0.29) is 24.2 Å². The van der Waals surface area contributed by atoms with Gasteiger partial charge in [-0.25, -0.2) is 19.0 Å². The third kappa shape index (κ3) is 6.43. The van der Waals surface area contributed by atoms with Crippen LogP contribution in [-0.2, 0) is 16.1 Å². The number of nitrogens with zero attached hydrogens (tertiary/aromatic N) is 2. The van der Waals surface area contributed by atoms with E-state index in [0.29, 0.717) is 30.1 Å². The summed E-state index contributed by atoms with van der Waals surface area (Å²) in [6.07, 6.45) is 1.26. The van der Waals surface area contributed by atoms with Crippen molar-refractivity contribution >= 4 is 12.1 Å². The van der Waals surface area contributed by atoms with Gasteiger partial charge in [0, 0.05) is 36.3 Å². The Balaban J connectivity index is 1.60. The van der Waals surface area contributed by atoms with Crippen LogP contribution in [0.25, 0.3) is 0 Å². The van der Waals surface area contributed by atoms with E-state index in [1.165, 1.54) is 13.2 Å². The maximum Gasteiger partial charge on any atom is 0.410 e. The molecule has 7 nitrogen and oxygen atoms in total. The van der Waals surface area contributed by atoms with E-state index in [4.69, 9.17) is 9.47 Å². The van der Waals surface area contributed by atoms with Crippen molar-refractivity contribution in [1.29, 1.82) is 0 Å². The Morgan fingerprint density at radius 3 is 2.52 bits per heavy atom. The minimum Gasteiger partial charge on any atom is -0.473 e. The number of carbonyl (C=O) groups is 2. The summed E-state index contributed by atoms with van der Waals surface area (Å²) < 4.78 is 30.3. The Morgan fingerprint density at radius 2 is 1.88 bits per heavy atom. The second-order valence-electron chi connectivity index (χ2n) is 9.18. The number of methoxy groups -OCH3 is 1. The van der Waals surface area contributed by atoms with Gasteiger partial charge in [0.1, 0.15) is 18.0 Å². The number of carbonyl (C=O) groups excluding carboxylic acids is 2. The van der Waals surface area contributed by atoms with Gasteiger partial charge in [0.25, 0.3) is 0 Å². The highest BCUT2D eigenvalue weighted by molar-refractivity contribution is 5.91. The maximum atomic E-state index is 14.5. The zero-order valence-corrected chi connectivity index (χ0v) is 19.8. The first-order valence-electron chi connectivity index (χ1n) is 11.0. The van der Waals surface area contributed by atoms with E-state index in [1.54, 1.807) is 24.0 Å². The van der Waals surface area contributed by atoms with Gasteiger partial charge in [0.15, 0.2) is 0 Å². The van der Waals surface area contributed by atoms with Gasteiger partial charge in [-0.3, -0.25) is 0 Å². The summed E-state index contributed by atoms with van der Waals surface area (Å²) >= 11 is 0. The van der Waals surface area contributed by atoms with Crippen LogP contribution in [0.1, 0.15) is 66.7 Å². The smallest absolute Gasteiger partial charge is 0.410 e. The molecule has 0 spiro atoms. The first-order chi connectivity index (χ1) is 15.6. The van der Waals surface area contributed by atoms with Crippen LogP contribution in [0.15, 0.2) is 30.3 Å². The molecule has 0 bridgehead atoms. The van der Waals surface area contributed by atoms with Crippen molar-refractivity contribution in [2.24, 2.45) is 0 Å². The van der Waals surface area contributed by atoms with Gasteiger partial charge in [-0.15, -0.1) is 0 Å². The number of halogens is 1. The van der Waals surface area contributed by atoms with Crippen LogP contribution in [0.4, 0.5) is 9.18 Å². The highest BCUT2D eigenvalue weighted by atomic mass is 19.1. The van der Waals surface area contributed by atoms with Crippen LogP contribution in [0.3, 0.4) is 0 Å². The molecule has 1 aromatic carbocycles. The SMILES string of the molecule is COC(=O)c1cc(F)c(COc2cccc(C3CCN(C(=O)OC(C)(C)C)CC3)n2)cc1C. The van der Waals surface area contributed by atoms with Crippen molar-refractivity contribution in [3.63, 3.8) is 0 Å². The van der Waals surface area contributed by atoms with E-state index >= 15 is 0 Å². The van der Waals surface area contributed by atoms with Crippen LogP contribution in [0.5, 0.6) is 5.88 Å². The fourth-order valence-corrected chi connectivity index (χ4v) is 3.76. The van der Waals surface area contributed by atoms with Gasteiger partial charge in [-0.05, 0) is 64.3 Å². The molecule has 178 valence electrons. The highest BCUT2D eigenvalue weighted by Gasteiger charge is 2.28. The predicted molar refractivity (Wildman–Crippen MR) is 121 cm³/mol. The van der Waals surface area contributed by atoms with Crippen molar-refractivity contribution in [3.05, 3.63) is 58.5 Å². The van der Waals surface area contributed by atoms with E-state index < -0.39 is 17.4 Å². The molecule has 0 radical (unpaired) electrons. The zero-order chi connectivity index (χ0) is 24.2. The van der Waals surface area contributed by atoms with Crippen molar-refractivity contribution in [2.75, 3.05) is 20.2 Å². The second kappa shape index (κ2) is 10.2. The van der Waals surface area contributed by atoms with E-state index in [9.17, 15) is 14.0 Å². The number of hydrogen-bond acceptors (Lipinski definition) is 6. The molecule has 1 aliphatic heterocycles. The molecule has 0 N–H and O–H groups in total. The largest absolute Gasteiger partial charge is 0.473 e. The number of pyridine rings is 1. The Labute approximate surface area is 193 Å². The van der Waals surface area contributed by atoms with Crippen LogP contribution < -0.4 is 4.74 Å². The fourth-order valence-electron chi connectivity index (χ4n) is 3.76.